The third-order valence-corrected chi connectivity index (χ3v) is 5.46. The second kappa shape index (κ2) is 11.7. The van der Waals surface area contributed by atoms with Crippen LogP contribution >= 0.6 is 11.6 Å². The summed E-state index contributed by atoms with van der Waals surface area (Å²) in [5.74, 6) is 0.0240. The van der Waals surface area contributed by atoms with Crippen LogP contribution in [0.2, 0.25) is 5.02 Å². The molecule has 0 aliphatic rings. The van der Waals surface area contributed by atoms with Crippen LogP contribution in [-0.2, 0) is 9.59 Å². The fourth-order valence-corrected chi connectivity index (χ4v) is 3.34. The maximum Gasteiger partial charge on any atom is 0.266 e. The summed E-state index contributed by atoms with van der Waals surface area (Å²) in [5, 5.41) is 15.5. The Bertz CT molecular complexity index is 1310. The number of carbonyl (C=O) groups excluding carboxylic acids is 2. The van der Waals surface area contributed by atoms with E-state index in [1.165, 1.54) is 6.08 Å². The Morgan fingerprint density at radius 1 is 1.06 bits per heavy atom. The Hall–Kier alpha value is -4.28. The van der Waals surface area contributed by atoms with E-state index in [0.29, 0.717) is 33.5 Å². The second-order valence-corrected chi connectivity index (χ2v) is 8.06. The van der Waals surface area contributed by atoms with Crippen LogP contribution in [0.4, 0.5) is 11.4 Å². The number of nitrogens with one attached hydrogen (secondary N) is 2. The quantitative estimate of drug-likeness (QED) is 0.320. The molecule has 0 aromatic heterocycles. The molecule has 3 aromatic rings. The van der Waals surface area contributed by atoms with Gasteiger partial charge in [0, 0.05) is 22.0 Å². The van der Waals surface area contributed by atoms with Gasteiger partial charge in [0.2, 0.25) is 0 Å². The number of amides is 2. The van der Waals surface area contributed by atoms with Crippen molar-refractivity contribution in [2.45, 2.75) is 13.8 Å². The first kappa shape index (κ1) is 25.3. The molecule has 0 spiro atoms. The topological polar surface area (TPSA) is 100 Å². The molecule has 0 fully saturated rings. The maximum absolute atomic E-state index is 12.8. The highest BCUT2D eigenvalue weighted by molar-refractivity contribution is 6.30. The van der Waals surface area contributed by atoms with Gasteiger partial charge in [-0.05, 0) is 79.6 Å². The number of halogens is 1. The fourth-order valence-electron chi connectivity index (χ4n) is 3.16. The summed E-state index contributed by atoms with van der Waals surface area (Å²) in [6.45, 7) is 3.54. The smallest absolute Gasteiger partial charge is 0.266 e. The summed E-state index contributed by atoms with van der Waals surface area (Å²) in [7, 11) is 1.56. The molecule has 0 atom stereocenters. The summed E-state index contributed by atoms with van der Waals surface area (Å²) < 4.78 is 10.8. The van der Waals surface area contributed by atoms with Crippen molar-refractivity contribution in [2.24, 2.45) is 0 Å². The average Bonchev–Trinajstić information content (AvgIpc) is 2.85. The molecule has 35 heavy (non-hydrogen) atoms. The van der Waals surface area contributed by atoms with E-state index in [0.717, 1.165) is 11.1 Å². The zero-order valence-corrected chi connectivity index (χ0v) is 20.3. The van der Waals surface area contributed by atoms with Gasteiger partial charge in [0.15, 0.2) is 6.61 Å². The average molecular weight is 490 g/mol. The lowest BCUT2D eigenvalue weighted by molar-refractivity contribution is -0.118. The second-order valence-electron chi connectivity index (χ2n) is 7.62. The molecule has 3 rings (SSSR count). The largest absolute Gasteiger partial charge is 0.497 e. The Morgan fingerprint density at radius 2 is 1.80 bits per heavy atom. The van der Waals surface area contributed by atoms with Crippen molar-refractivity contribution in [2.75, 3.05) is 24.4 Å². The number of hydrogen-bond acceptors (Lipinski definition) is 5. The number of nitrogens with zero attached hydrogens (tertiary/aromatic N) is 1. The van der Waals surface area contributed by atoms with E-state index in [1.807, 2.05) is 32.0 Å². The summed E-state index contributed by atoms with van der Waals surface area (Å²) >= 11 is 6.13. The maximum atomic E-state index is 12.8. The van der Waals surface area contributed by atoms with Crippen LogP contribution in [0.1, 0.15) is 16.7 Å². The minimum Gasteiger partial charge on any atom is -0.497 e. The van der Waals surface area contributed by atoms with Crippen LogP contribution < -0.4 is 20.1 Å². The Labute approximate surface area is 208 Å². The lowest BCUT2D eigenvalue weighted by Crippen LogP contribution is -2.20. The first-order valence-corrected chi connectivity index (χ1v) is 11.0. The number of rotatable bonds is 8. The SMILES string of the molecule is COc1ccc(NC(=O)COc2ccc(Cl)cc2/C=C(/C#N)C(=O)Nc2cccc(C)c2C)cc1. The number of nitriles is 1. The monoisotopic (exact) mass is 489 g/mol. The van der Waals surface area contributed by atoms with Crippen molar-refractivity contribution < 1.29 is 19.1 Å². The molecule has 0 radical (unpaired) electrons. The highest BCUT2D eigenvalue weighted by Crippen LogP contribution is 2.26. The van der Waals surface area contributed by atoms with Crippen LogP contribution in [0, 0.1) is 25.2 Å². The molecular formula is C27H24ClN3O4. The van der Waals surface area contributed by atoms with Crippen LogP contribution in [0.3, 0.4) is 0 Å². The van der Waals surface area contributed by atoms with E-state index in [9.17, 15) is 14.9 Å². The molecule has 8 heteroatoms. The first-order valence-electron chi connectivity index (χ1n) is 10.7. The zero-order chi connectivity index (χ0) is 25.4. The minimum atomic E-state index is -0.565. The molecule has 7 nitrogen and oxygen atoms in total. The van der Waals surface area contributed by atoms with Crippen molar-refractivity contribution in [1.29, 1.82) is 5.26 Å². The number of anilines is 2. The molecule has 2 N–H and O–H groups in total. The van der Waals surface area contributed by atoms with Crippen molar-refractivity contribution in [1.82, 2.24) is 0 Å². The van der Waals surface area contributed by atoms with Crippen molar-refractivity contribution in [3.63, 3.8) is 0 Å². The van der Waals surface area contributed by atoms with Crippen LogP contribution in [0.15, 0.2) is 66.2 Å². The fraction of sp³-hybridized carbons (Fsp3) is 0.148. The van der Waals surface area contributed by atoms with Gasteiger partial charge in [0.05, 0.1) is 7.11 Å². The number of hydrogen-bond donors (Lipinski definition) is 2. The third kappa shape index (κ3) is 6.85. The predicted molar refractivity (Wildman–Crippen MR) is 137 cm³/mol. The van der Waals surface area contributed by atoms with Gasteiger partial charge in [-0.1, -0.05) is 23.7 Å². The highest BCUT2D eigenvalue weighted by Gasteiger charge is 2.14. The summed E-state index contributed by atoms with van der Waals surface area (Å²) in [5.41, 5.74) is 3.39. The lowest BCUT2D eigenvalue weighted by atomic mass is 10.1. The Balaban J connectivity index is 1.74. The Morgan fingerprint density at radius 3 is 2.49 bits per heavy atom. The van der Waals surface area contributed by atoms with E-state index < -0.39 is 5.91 Å². The molecule has 0 saturated heterocycles. The lowest BCUT2D eigenvalue weighted by Gasteiger charge is -2.12. The molecule has 0 bridgehead atoms. The first-order chi connectivity index (χ1) is 16.8. The van der Waals surface area contributed by atoms with Gasteiger partial charge in [-0.3, -0.25) is 9.59 Å². The number of benzene rings is 3. The van der Waals surface area contributed by atoms with Crippen LogP contribution in [0.25, 0.3) is 6.08 Å². The molecule has 0 aliphatic carbocycles. The third-order valence-electron chi connectivity index (χ3n) is 5.22. The van der Waals surface area contributed by atoms with Gasteiger partial charge < -0.3 is 20.1 Å². The highest BCUT2D eigenvalue weighted by atomic mass is 35.5. The minimum absolute atomic E-state index is 0.138. The molecule has 0 heterocycles. The zero-order valence-electron chi connectivity index (χ0n) is 19.5. The van der Waals surface area contributed by atoms with Gasteiger partial charge in [-0.25, -0.2) is 0 Å². The molecule has 0 aliphatic heterocycles. The molecule has 2 amide bonds. The van der Waals surface area contributed by atoms with Crippen LogP contribution in [-0.4, -0.2) is 25.5 Å². The number of methoxy groups -OCH3 is 1. The molecule has 0 unspecified atom stereocenters. The normalized spacial score (nSPS) is 10.8. The molecule has 3 aromatic carbocycles. The van der Waals surface area contributed by atoms with Crippen molar-refractivity contribution in [3.05, 3.63) is 87.9 Å². The van der Waals surface area contributed by atoms with Crippen LogP contribution in [0.5, 0.6) is 11.5 Å². The van der Waals surface area contributed by atoms with Gasteiger partial charge in [0.1, 0.15) is 23.1 Å². The molecular weight excluding hydrogens is 466 g/mol. The Kier molecular flexibility index (Phi) is 8.49. The summed E-state index contributed by atoms with van der Waals surface area (Å²) in [6.07, 6.45) is 1.38. The van der Waals surface area contributed by atoms with E-state index in [2.05, 4.69) is 10.6 Å². The van der Waals surface area contributed by atoms with E-state index >= 15 is 0 Å². The molecule has 0 saturated carbocycles. The number of aryl methyl sites for hydroxylation is 1. The van der Waals surface area contributed by atoms with Crippen molar-refractivity contribution >= 4 is 40.9 Å². The summed E-state index contributed by atoms with van der Waals surface area (Å²) in [6, 6.07) is 19.1. The summed E-state index contributed by atoms with van der Waals surface area (Å²) in [4.78, 5) is 25.1. The van der Waals surface area contributed by atoms with Gasteiger partial charge >= 0.3 is 0 Å². The number of carbonyl (C=O) groups is 2. The van der Waals surface area contributed by atoms with Gasteiger partial charge in [-0.15, -0.1) is 0 Å². The van der Waals surface area contributed by atoms with E-state index in [4.69, 9.17) is 21.1 Å². The van der Waals surface area contributed by atoms with Gasteiger partial charge in [-0.2, -0.15) is 5.26 Å². The standard InChI is InChI=1S/C27H24ClN3O4/c1-17-5-4-6-24(18(17)2)31-27(33)20(15-29)13-19-14-21(28)7-12-25(19)35-16-26(32)30-22-8-10-23(34-3)11-9-22/h4-14H,16H2,1-3H3,(H,30,32)(H,31,33)/b20-13-. The van der Waals surface area contributed by atoms with Crippen molar-refractivity contribution in [3.8, 4) is 17.6 Å². The molecule has 178 valence electrons. The van der Waals surface area contributed by atoms with E-state index in [1.54, 1.807) is 55.6 Å². The predicted octanol–water partition coefficient (Wildman–Crippen LogP) is 5.53. The number of ether oxygens (including phenoxy) is 2. The van der Waals surface area contributed by atoms with E-state index in [-0.39, 0.29) is 18.1 Å². The van der Waals surface area contributed by atoms with Gasteiger partial charge in [0.25, 0.3) is 11.8 Å².